The Kier molecular flexibility index (Phi) is 7.41. The Morgan fingerprint density at radius 1 is 1.40 bits per heavy atom. The van der Waals surface area contributed by atoms with E-state index in [-0.39, 0.29) is 5.97 Å². The van der Waals surface area contributed by atoms with Crippen molar-refractivity contribution < 1.29 is 9.53 Å². The summed E-state index contributed by atoms with van der Waals surface area (Å²) in [5.41, 5.74) is 6.19. The van der Waals surface area contributed by atoms with Gasteiger partial charge in [-0.2, -0.15) is 11.8 Å². The fourth-order valence-electron chi connectivity index (χ4n) is 1.83. The Hall–Kier alpha value is -0.710. The molecule has 0 fully saturated rings. The van der Waals surface area contributed by atoms with E-state index in [2.05, 4.69) is 4.74 Å². The third-order valence-electron chi connectivity index (χ3n) is 3.10. The summed E-state index contributed by atoms with van der Waals surface area (Å²) < 4.78 is 4.68. The number of nitrogens with two attached hydrogens (primary N) is 1. The second-order valence-electron chi connectivity index (χ2n) is 5.01. The molecule has 0 aliphatic carbocycles. The van der Waals surface area contributed by atoms with Crippen LogP contribution >= 0.6 is 23.4 Å². The predicted molar refractivity (Wildman–Crippen MR) is 86.1 cm³/mol. The SMILES string of the molecule is COC(=O)C(C)(N)CCCCSCc1ccccc1Cl. The van der Waals surface area contributed by atoms with E-state index in [1.165, 1.54) is 7.11 Å². The Balaban J connectivity index is 2.17. The van der Waals surface area contributed by atoms with Crippen molar-refractivity contribution in [1.82, 2.24) is 0 Å². The van der Waals surface area contributed by atoms with Crippen LogP contribution in [0.4, 0.5) is 0 Å². The van der Waals surface area contributed by atoms with E-state index in [1.807, 2.05) is 36.0 Å². The first kappa shape index (κ1) is 17.3. The molecular weight excluding hydrogens is 294 g/mol. The number of methoxy groups -OCH3 is 1. The number of carbonyl (C=O) groups excluding carboxylic acids is 1. The van der Waals surface area contributed by atoms with Gasteiger partial charge in [-0.1, -0.05) is 36.2 Å². The average molecular weight is 316 g/mol. The first-order valence-corrected chi connectivity index (χ1v) is 8.19. The second kappa shape index (κ2) is 8.55. The van der Waals surface area contributed by atoms with Crippen molar-refractivity contribution in [2.45, 2.75) is 37.5 Å². The number of esters is 1. The van der Waals surface area contributed by atoms with Crippen molar-refractivity contribution in [2.24, 2.45) is 5.73 Å². The van der Waals surface area contributed by atoms with Gasteiger partial charge in [0.05, 0.1) is 7.11 Å². The summed E-state index contributed by atoms with van der Waals surface area (Å²) in [6, 6.07) is 7.89. The Morgan fingerprint density at radius 2 is 2.10 bits per heavy atom. The average Bonchev–Trinajstić information content (AvgIpc) is 2.43. The molecule has 0 aliphatic heterocycles. The lowest BCUT2D eigenvalue weighted by Crippen LogP contribution is -2.45. The van der Waals surface area contributed by atoms with Crippen molar-refractivity contribution in [3.05, 3.63) is 34.9 Å². The van der Waals surface area contributed by atoms with Gasteiger partial charge in [-0.3, -0.25) is 4.79 Å². The quantitative estimate of drug-likeness (QED) is 0.588. The van der Waals surface area contributed by atoms with Gasteiger partial charge in [0.15, 0.2) is 0 Å². The summed E-state index contributed by atoms with van der Waals surface area (Å²) in [6.07, 6.45) is 2.59. The number of unbranched alkanes of at least 4 members (excludes halogenated alkanes) is 1. The minimum atomic E-state index is -0.873. The molecule has 0 radical (unpaired) electrons. The van der Waals surface area contributed by atoms with Gasteiger partial charge >= 0.3 is 5.97 Å². The van der Waals surface area contributed by atoms with E-state index in [1.54, 1.807) is 6.92 Å². The smallest absolute Gasteiger partial charge is 0.325 e. The van der Waals surface area contributed by atoms with Crippen LogP contribution in [0.3, 0.4) is 0 Å². The summed E-state index contributed by atoms with van der Waals surface area (Å²) in [5, 5.41) is 0.820. The molecule has 1 atom stereocenters. The number of hydrogen-bond acceptors (Lipinski definition) is 4. The number of ether oxygens (including phenoxy) is 1. The summed E-state index contributed by atoms with van der Waals surface area (Å²) in [5.74, 6) is 1.60. The van der Waals surface area contributed by atoms with Crippen LogP contribution < -0.4 is 5.73 Å². The van der Waals surface area contributed by atoms with E-state index >= 15 is 0 Å². The van der Waals surface area contributed by atoms with Crippen molar-refractivity contribution in [2.75, 3.05) is 12.9 Å². The van der Waals surface area contributed by atoms with E-state index < -0.39 is 5.54 Å². The minimum absolute atomic E-state index is 0.346. The molecule has 0 amide bonds. The molecule has 0 aliphatic rings. The maximum absolute atomic E-state index is 11.4. The molecule has 2 N–H and O–H groups in total. The van der Waals surface area contributed by atoms with Gasteiger partial charge in [-0.05, 0) is 37.1 Å². The first-order chi connectivity index (χ1) is 9.47. The van der Waals surface area contributed by atoms with Gasteiger partial charge in [0.25, 0.3) is 0 Å². The van der Waals surface area contributed by atoms with Crippen LogP contribution in [0.25, 0.3) is 0 Å². The summed E-state index contributed by atoms with van der Waals surface area (Å²) >= 11 is 7.94. The van der Waals surface area contributed by atoms with Crippen LogP contribution in [0.1, 0.15) is 31.7 Å². The molecule has 1 aromatic rings. The highest BCUT2D eigenvalue weighted by Crippen LogP contribution is 2.22. The highest BCUT2D eigenvalue weighted by Gasteiger charge is 2.28. The predicted octanol–water partition coefficient (Wildman–Crippen LogP) is 3.63. The number of rotatable bonds is 8. The number of halogens is 1. The zero-order chi connectivity index (χ0) is 15.0. The number of carbonyl (C=O) groups is 1. The molecule has 1 rings (SSSR count). The van der Waals surface area contributed by atoms with Gasteiger partial charge in [-0.25, -0.2) is 0 Å². The van der Waals surface area contributed by atoms with Gasteiger partial charge in [0, 0.05) is 10.8 Å². The van der Waals surface area contributed by atoms with Crippen LogP contribution in [0.15, 0.2) is 24.3 Å². The highest BCUT2D eigenvalue weighted by molar-refractivity contribution is 7.98. The largest absolute Gasteiger partial charge is 0.468 e. The molecule has 20 heavy (non-hydrogen) atoms. The minimum Gasteiger partial charge on any atom is -0.468 e. The van der Waals surface area contributed by atoms with E-state index in [4.69, 9.17) is 17.3 Å². The lowest BCUT2D eigenvalue weighted by Gasteiger charge is -2.20. The van der Waals surface area contributed by atoms with Crippen LogP contribution in [0, 0.1) is 0 Å². The van der Waals surface area contributed by atoms with E-state index in [0.29, 0.717) is 6.42 Å². The fourth-order valence-corrected chi connectivity index (χ4v) is 3.14. The van der Waals surface area contributed by atoms with E-state index in [0.717, 1.165) is 34.9 Å². The molecule has 3 nitrogen and oxygen atoms in total. The molecule has 0 aromatic heterocycles. The highest BCUT2D eigenvalue weighted by atomic mass is 35.5. The Morgan fingerprint density at radius 3 is 2.75 bits per heavy atom. The molecule has 0 saturated heterocycles. The van der Waals surface area contributed by atoms with Gasteiger partial charge in [-0.15, -0.1) is 0 Å². The molecule has 5 heteroatoms. The Labute approximate surface area is 130 Å². The topological polar surface area (TPSA) is 52.3 Å². The third kappa shape index (κ3) is 5.73. The van der Waals surface area contributed by atoms with E-state index in [9.17, 15) is 4.79 Å². The fraction of sp³-hybridized carbons (Fsp3) is 0.533. The van der Waals surface area contributed by atoms with Crippen LogP contribution in [0.5, 0.6) is 0 Å². The van der Waals surface area contributed by atoms with Crippen LogP contribution in [-0.4, -0.2) is 24.4 Å². The lowest BCUT2D eigenvalue weighted by molar-refractivity contribution is -0.146. The number of thioether (sulfide) groups is 1. The molecule has 1 unspecified atom stereocenters. The summed E-state index contributed by atoms with van der Waals surface area (Å²) in [4.78, 5) is 11.4. The monoisotopic (exact) mass is 315 g/mol. The second-order valence-corrected chi connectivity index (χ2v) is 6.52. The van der Waals surface area contributed by atoms with Crippen molar-refractivity contribution in [3.63, 3.8) is 0 Å². The zero-order valence-electron chi connectivity index (χ0n) is 12.0. The number of benzene rings is 1. The Bertz CT molecular complexity index is 438. The molecule has 0 spiro atoms. The molecule has 112 valence electrons. The molecule has 0 saturated carbocycles. The standard InChI is InChI=1S/C15H22ClNO2S/c1-15(17,14(18)19-2)9-5-6-10-20-11-12-7-3-4-8-13(12)16/h3-4,7-8H,5-6,9-11,17H2,1-2H3. The van der Waals surface area contributed by atoms with Gasteiger partial charge in [0.2, 0.25) is 0 Å². The molecule has 0 heterocycles. The molecule has 0 bridgehead atoms. The normalized spacial score (nSPS) is 13.8. The lowest BCUT2D eigenvalue weighted by atomic mass is 9.97. The van der Waals surface area contributed by atoms with Crippen molar-refractivity contribution in [1.29, 1.82) is 0 Å². The number of hydrogen-bond donors (Lipinski definition) is 1. The van der Waals surface area contributed by atoms with Gasteiger partial charge in [0.1, 0.15) is 5.54 Å². The van der Waals surface area contributed by atoms with Crippen LogP contribution in [-0.2, 0) is 15.3 Å². The zero-order valence-corrected chi connectivity index (χ0v) is 13.6. The van der Waals surface area contributed by atoms with Gasteiger partial charge < -0.3 is 10.5 Å². The molecular formula is C15H22ClNO2S. The van der Waals surface area contributed by atoms with Crippen molar-refractivity contribution >= 4 is 29.3 Å². The maximum atomic E-state index is 11.4. The summed E-state index contributed by atoms with van der Waals surface area (Å²) in [6.45, 7) is 1.72. The molecule has 1 aromatic carbocycles. The van der Waals surface area contributed by atoms with Crippen molar-refractivity contribution in [3.8, 4) is 0 Å². The third-order valence-corrected chi connectivity index (χ3v) is 4.56. The first-order valence-electron chi connectivity index (χ1n) is 6.66. The maximum Gasteiger partial charge on any atom is 0.325 e. The summed E-state index contributed by atoms with van der Waals surface area (Å²) in [7, 11) is 1.37. The van der Waals surface area contributed by atoms with Crippen LogP contribution in [0.2, 0.25) is 5.02 Å².